The van der Waals surface area contributed by atoms with Crippen LogP contribution in [0.15, 0.2) is 54.9 Å². The number of H-pyrrole nitrogens is 1. The quantitative estimate of drug-likeness (QED) is 0.561. The first-order valence-electron chi connectivity index (χ1n) is 10.6. The van der Waals surface area contributed by atoms with E-state index in [2.05, 4.69) is 15.3 Å². The van der Waals surface area contributed by atoms with Crippen molar-refractivity contribution in [3.05, 3.63) is 83.2 Å². The van der Waals surface area contributed by atoms with Gasteiger partial charge in [-0.25, -0.2) is 19.0 Å². The van der Waals surface area contributed by atoms with Crippen molar-refractivity contribution in [2.45, 2.75) is 24.9 Å². The van der Waals surface area contributed by atoms with Gasteiger partial charge in [-0.2, -0.15) is 0 Å². The number of ether oxygens (including phenoxy) is 2. The summed E-state index contributed by atoms with van der Waals surface area (Å²) < 4.78 is 25.1. The van der Waals surface area contributed by atoms with Gasteiger partial charge in [-0.15, -0.1) is 0 Å². The van der Waals surface area contributed by atoms with E-state index in [9.17, 15) is 9.59 Å². The number of nitrogens with zero attached hydrogens (tertiary/aromatic N) is 2. The topological polar surface area (TPSA) is 96.6 Å². The average Bonchev–Trinajstić information content (AvgIpc) is 3.32. The fourth-order valence-corrected chi connectivity index (χ4v) is 4.08. The number of aromatic amines is 1. The molecule has 0 aliphatic carbocycles. The van der Waals surface area contributed by atoms with E-state index in [4.69, 9.17) is 9.47 Å². The molecule has 8 nitrogen and oxygen atoms in total. The van der Waals surface area contributed by atoms with E-state index in [1.54, 1.807) is 12.1 Å². The van der Waals surface area contributed by atoms with Crippen molar-refractivity contribution in [3.63, 3.8) is 0 Å². The van der Waals surface area contributed by atoms with Crippen molar-refractivity contribution in [2.24, 2.45) is 0 Å². The second-order valence-electron chi connectivity index (χ2n) is 7.71. The summed E-state index contributed by atoms with van der Waals surface area (Å²) in [6.45, 7) is 0.316. The highest BCUT2D eigenvalue weighted by atomic mass is 19.1. The molecule has 1 aliphatic heterocycles. The number of rotatable bonds is 6. The number of imidazole rings is 1. The number of hydrogen-bond donors (Lipinski definition) is 2. The smallest absolute Gasteiger partial charge is 0.328 e. The van der Waals surface area contributed by atoms with E-state index < -0.39 is 29.9 Å². The molecule has 3 aromatic rings. The van der Waals surface area contributed by atoms with Crippen LogP contribution < -0.4 is 10.1 Å². The maximum absolute atomic E-state index is 15.0. The van der Waals surface area contributed by atoms with Gasteiger partial charge in [0.05, 0.1) is 26.2 Å². The van der Waals surface area contributed by atoms with E-state index in [0.29, 0.717) is 24.4 Å². The van der Waals surface area contributed by atoms with Crippen molar-refractivity contribution in [1.82, 2.24) is 20.2 Å². The predicted octanol–water partition coefficient (Wildman–Crippen LogP) is 3.00. The van der Waals surface area contributed by atoms with Gasteiger partial charge in [-0.05, 0) is 17.7 Å². The molecule has 0 saturated carbocycles. The Balaban J connectivity index is 1.64. The zero-order valence-corrected chi connectivity index (χ0v) is 18.4. The van der Waals surface area contributed by atoms with E-state index in [1.807, 2.05) is 30.3 Å². The molecule has 33 heavy (non-hydrogen) atoms. The van der Waals surface area contributed by atoms with Crippen LogP contribution in [0, 0.1) is 5.82 Å². The van der Waals surface area contributed by atoms with Gasteiger partial charge < -0.3 is 24.7 Å². The first kappa shape index (κ1) is 22.3. The van der Waals surface area contributed by atoms with Crippen molar-refractivity contribution in [2.75, 3.05) is 20.8 Å². The highest BCUT2D eigenvalue weighted by Gasteiger charge is 2.37. The molecule has 2 aromatic carbocycles. The Morgan fingerprint density at radius 1 is 1.24 bits per heavy atom. The summed E-state index contributed by atoms with van der Waals surface area (Å²) in [7, 11) is 2.74. The number of nitrogens with one attached hydrogen (secondary N) is 2. The largest absolute Gasteiger partial charge is 0.497 e. The lowest BCUT2D eigenvalue weighted by Crippen LogP contribution is -2.52. The average molecular weight is 452 g/mol. The number of benzene rings is 2. The first-order valence-corrected chi connectivity index (χ1v) is 10.6. The number of carbonyl (C=O) groups excluding carboxylic acids is 2. The zero-order valence-electron chi connectivity index (χ0n) is 18.4. The van der Waals surface area contributed by atoms with Gasteiger partial charge in [-0.1, -0.05) is 30.3 Å². The first-order chi connectivity index (χ1) is 16.0. The Labute approximate surface area is 190 Å². The molecule has 2 amide bonds. The summed E-state index contributed by atoms with van der Waals surface area (Å²) in [6.07, 6.45) is 2.33. The number of halogens is 1. The standard InChI is InChI=1S/C24H25FN4O4/c1-32-16-8-9-17(18(25)13-16)22-21-19(26-14-27-21)10-11-29(22)24(31)28-20(23(30)33-2)12-15-6-4-3-5-7-15/h3-9,13-14,20,22H,10-12H2,1-2H3,(H,26,27)(H,28,31)/t20-,22?/m0/s1. The molecule has 1 aromatic heterocycles. The molecule has 2 N–H and O–H groups in total. The van der Waals surface area contributed by atoms with Crippen molar-refractivity contribution >= 4 is 12.0 Å². The molecule has 1 unspecified atom stereocenters. The Hall–Kier alpha value is -3.88. The van der Waals surface area contributed by atoms with Crippen molar-refractivity contribution < 1.29 is 23.5 Å². The Morgan fingerprint density at radius 3 is 2.73 bits per heavy atom. The van der Waals surface area contributed by atoms with Crippen LogP contribution in [0.4, 0.5) is 9.18 Å². The number of aromatic nitrogens is 2. The van der Waals surface area contributed by atoms with Gasteiger partial charge >= 0.3 is 12.0 Å². The highest BCUT2D eigenvalue weighted by molar-refractivity contribution is 5.84. The second-order valence-corrected chi connectivity index (χ2v) is 7.71. The summed E-state index contributed by atoms with van der Waals surface area (Å²) in [5.74, 6) is -0.697. The molecule has 0 radical (unpaired) electrons. The number of fused-ring (bicyclic) bond motifs is 1. The van der Waals surface area contributed by atoms with Crippen LogP contribution in [0.5, 0.6) is 5.75 Å². The fourth-order valence-electron chi connectivity index (χ4n) is 4.08. The molecule has 2 atom stereocenters. The Kier molecular flexibility index (Phi) is 6.58. The molecule has 172 valence electrons. The fraction of sp³-hybridized carbons (Fsp3) is 0.292. The lowest BCUT2D eigenvalue weighted by molar-refractivity contribution is -0.142. The van der Waals surface area contributed by atoms with Crippen LogP contribution in [0.1, 0.15) is 28.6 Å². The highest BCUT2D eigenvalue weighted by Crippen LogP contribution is 2.35. The molecule has 0 saturated heterocycles. The van der Waals surface area contributed by atoms with Crippen molar-refractivity contribution in [1.29, 1.82) is 0 Å². The lowest BCUT2D eigenvalue weighted by atomic mass is 9.95. The lowest BCUT2D eigenvalue weighted by Gasteiger charge is -2.36. The van der Waals surface area contributed by atoms with Crippen molar-refractivity contribution in [3.8, 4) is 5.75 Å². The molecular formula is C24H25FN4O4. The minimum absolute atomic E-state index is 0.266. The van der Waals surface area contributed by atoms with Crippen LogP contribution in [0.25, 0.3) is 0 Å². The minimum Gasteiger partial charge on any atom is -0.497 e. The van der Waals surface area contributed by atoms with E-state index >= 15 is 4.39 Å². The van der Waals surface area contributed by atoms with Crippen LogP contribution in [-0.4, -0.2) is 53.7 Å². The third-order valence-corrected chi connectivity index (χ3v) is 5.75. The normalized spacial score (nSPS) is 16.0. The maximum Gasteiger partial charge on any atom is 0.328 e. The van der Waals surface area contributed by atoms with Gasteiger partial charge in [0, 0.05) is 36.7 Å². The van der Waals surface area contributed by atoms with Crippen LogP contribution in [0.3, 0.4) is 0 Å². The maximum atomic E-state index is 15.0. The molecule has 0 bridgehead atoms. The third kappa shape index (κ3) is 4.67. The number of hydrogen-bond acceptors (Lipinski definition) is 5. The molecule has 2 heterocycles. The summed E-state index contributed by atoms with van der Waals surface area (Å²) in [5, 5.41) is 2.78. The number of amides is 2. The van der Waals surface area contributed by atoms with E-state index in [0.717, 1.165) is 11.3 Å². The third-order valence-electron chi connectivity index (χ3n) is 5.75. The van der Waals surface area contributed by atoms with Gasteiger partial charge in [0.1, 0.15) is 23.7 Å². The molecule has 0 spiro atoms. The Bertz CT molecular complexity index is 1130. The Morgan fingerprint density at radius 2 is 2.03 bits per heavy atom. The summed E-state index contributed by atoms with van der Waals surface area (Å²) in [4.78, 5) is 34.7. The zero-order chi connectivity index (χ0) is 23.4. The summed E-state index contributed by atoms with van der Waals surface area (Å²) in [5.41, 5.74) is 2.57. The van der Waals surface area contributed by atoms with Gasteiger partial charge in [0.15, 0.2) is 0 Å². The second kappa shape index (κ2) is 9.72. The van der Waals surface area contributed by atoms with Gasteiger partial charge in [-0.3, -0.25) is 0 Å². The molecular weight excluding hydrogens is 427 g/mol. The molecule has 4 rings (SSSR count). The van der Waals surface area contributed by atoms with Crippen LogP contribution >= 0.6 is 0 Å². The van der Waals surface area contributed by atoms with Gasteiger partial charge in [0.25, 0.3) is 0 Å². The molecule has 0 fully saturated rings. The number of urea groups is 1. The predicted molar refractivity (Wildman–Crippen MR) is 118 cm³/mol. The van der Waals surface area contributed by atoms with Crippen LogP contribution in [0.2, 0.25) is 0 Å². The molecule has 9 heteroatoms. The number of carbonyl (C=O) groups is 2. The summed E-state index contributed by atoms with van der Waals surface area (Å²) in [6, 6.07) is 11.7. The monoisotopic (exact) mass is 452 g/mol. The number of methoxy groups -OCH3 is 2. The SMILES string of the molecule is COC(=O)[C@H](Cc1ccccc1)NC(=O)N1CCc2[nH]cnc2C1c1ccc(OC)cc1F. The number of esters is 1. The van der Waals surface area contributed by atoms with Crippen LogP contribution in [-0.2, 0) is 22.4 Å². The van der Waals surface area contributed by atoms with Gasteiger partial charge in [0.2, 0.25) is 0 Å². The molecule has 1 aliphatic rings. The summed E-state index contributed by atoms with van der Waals surface area (Å²) >= 11 is 0. The van der Waals surface area contributed by atoms with E-state index in [-0.39, 0.29) is 12.0 Å². The minimum atomic E-state index is -0.896. The van der Waals surface area contributed by atoms with E-state index in [1.165, 1.54) is 31.5 Å².